The molecule has 0 saturated heterocycles. The number of methoxy groups -OCH3 is 5. The summed E-state index contributed by atoms with van der Waals surface area (Å²) in [4.78, 5) is 12.7. The second kappa shape index (κ2) is 8.53. The molecule has 0 atom stereocenters. The molecule has 0 fully saturated rings. The molecule has 0 spiro atoms. The van der Waals surface area contributed by atoms with Gasteiger partial charge in [-0.1, -0.05) is 11.6 Å². The van der Waals surface area contributed by atoms with Crippen molar-refractivity contribution in [3.05, 3.63) is 34.9 Å². The first-order valence-electron chi connectivity index (χ1n) is 7.51. The van der Waals surface area contributed by atoms with Crippen LogP contribution in [0.25, 0.3) is 0 Å². The van der Waals surface area contributed by atoms with Crippen LogP contribution in [0.3, 0.4) is 0 Å². The Balaban J connectivity index is 2.39. The molecule has 0 aliphatic carbocycles. The van der Waals surface area contributed by atoms with Gasteiger partial charge in [0, 0.05) is 17.7 Å². The van der Waals surface area contributed by atoms with Crippen molar-refractivity contribution in [2.45, 2.75) is 0 Å². The van der Waals surface area contributed by atoms with E-state index in [1.54, 1.807) is 24.3 Å². The van der Waals surface area contributed by atoms with Crippen molar-refractivity contribution in [3.8, 4) is 28.7 Å². The Morgan fingerprint density at radius 2 is 1.27 bits per heavy atom. The topological polar surface area (TPSA) is 75.3 Å². The first-order chi connectivity index (χ1) is 12.5. The number of halogens is 1. The molecular formula is C18H20ClNO6. The lowest BCUT2D eigenvalue weighted by molar-refractivity contribution is 0.102. The summed E-state index contributed by atoms with van der Waals surface area (Å²) in [6, 6.07) is 6.24. The zero-order valence-corrected chi connectivity index (χ0v) is 15.9. The molecule has 0 unspecified atom stereocenters. The predicted octanol–water partition coefficient (Wildman–Crippen LogP) is 3.64. The van der Waals surface area contributed by atoms with Crippen LogP contribution in [0, 0.1) is 0 Å². The van der Waals surface area contributed by atoms with Gasteiger partial charge in [0.2, 0.25) is 5.75 Å². The quantitative estimate of drug-likeness (QED) is 0.789. The van der Waals surface area contributed by atoms with E-state index in [4.69, 9.17) is 35.3 Å². The van der Waals surface area contributed by atoms with Crippen molar-refractivity contribution in [3.63, 3.8) is 0 Å². The number of anilines is 1. The van der Waals surface area contributed by atoms with E-state index < -0.39 is 5.91 Å². The fourth-order valence-electron chi connectivity index (χ4n) is 2.36. The van der Waals surface area contributed by atoms with Crippen LogP contribution in [0.1, 0.15) is 10.4 Å². The number of nitrogens with one attached hydrogen (secondary N) is 1. The molecule has 1 N–H and O–H groups in total. The van der Waals surface area contributed by atoms with Crippen LogP contribution < -0.4 is 29.0 Å². The van der Waals surface area contributed by atoms with E-state index in [0.29, 0.717) is 45.0 Å². The number of hydrogen-bond donors (Lipinski definition) is 1. The zero-order valence-electron chi connectivity index (χ0n) is 15.1. The summed E-state index contributed by atoms with van der Waals surface area (Å²) >= 11 is 6.21. The normalized spacial score (nSPS) is 10.1. The van der Waals surface area contributed by atoms with Gasteiger partial charge in [0.25, 0.3) is 5.91 Å². The molecule has 140 valence electrons. The third-order valence-corrected chi connectivity index (χ3v) is 3.96. The molecule has 0 saturated carbocycles. The Morgan fingerprint density at radius 1 is 0.769 bits per heavy atom. The molecule has 8 heteroatoms. The maximum absolute atomic E-state index is 12.7. The van der Waals surface area contributed by atoms with Gasteiger partial charge in [-0.2, -0.15) is 0 Å². The average Bonchev–Trinajstić information content (AvgIpc) is 2.67. The third kappa shape index (κ3) is 3.88. The van der Waals surface area contributed by atoms with E-state index in [1.807, 2.05) is 0 Å². The number of rotatable bonds is 7. The number of amides is 1. The molecule has 0 heterocycles. The Kier molecular flexibility index (Phi) is 6.41. The molecule has 0 radical (unpaired) electrons. The van der Waals surface area contributed by atoms with E-state index in [0.717, 1.165) is 0 Å². The number of ether oxygens (including phenoxy) is 5. The SMILES string of the molecule is COc1cc(Cl)c(NC(=O)c2cc(OC)c(OC)c(OC)c2)cc1OC. The van der Waals surface area contributed by atoms with Crippen LogP contribution >= 0.6 is 11.6 Å². The fourth-order valence-corrected chi connectivity index (χ4v) is 2.56. The van der Waals surface area contributed by atoms with Crippen LogP contribution in [0.15, 0.2) is 24.3 Å². The minimum Gasteiger partial charge on any atom is -0.493 e. The van der Waals surface area contributed by atoms with Crippen molar-refractivity contribution in [1.82, 2.24) is 0 Å². The Morgan fingerprint density at radius 3 is 1.73 bits per heavy atom. The Labute approximate surface area is 156 Å². The highest BCUT2D eigenvalue weighted by Crippen LogP contribution is 2.39. The lowest BCUT2D eigenvalue weighted by Crippen LogP contribution is -2.13. The van der Waals surface area contributed by atoms with Gasteiger partial charge in [-0.05, 0) is 12.1 Å². The standard InChI is InChI=1S/C18H20ClNO6/c1-22-13-8-11(19)12(9-14(13)23-2)20-18(21)10-6-15(24-3)17(26-5)16(7-10)25-4/h6-9H,1-5H3,(H,20,21). The van der Waals surface area contributed by atoms with Crippen LogP contribution in [-0.2, 0) is 0 Å². The molecule has 0 aliphatic heterocycles. The summed E-state index contributed by atoms with van der Waals surface area (Å²) in [5, 5.41) is 3.04. The highest BCUT2D eigenvalue weighted by atomic mass is 35.5. The minimum atomic E-state index is -0.404. The zero-order chi connectivity index (χ0) is 19.3. The van der Waals surface area contributed by atoms with Crippen molar-refractivity contribution in [1.29, 1.82) is 0 Å². The van der Waals surface area contributed by atoms with Gasteiger partial charge in [0.15, 0.2) is 23.0 Å². The maximum atomic E-state index is 12.7. The van der Waals surface area contributed by atoms with E-state index >= 15 is 0 Å². The molecule has 2 aromatic rings. The van der Waals surface area contributed by atoms with Crippen molar-refractivity contribution < 1.29 is 28.5 Å². The van der Waals surface area contributed by atoms with E-state index in [9.17, 15) is 4.79 Å². The molecule has 1 amide bonds. The predicted molar refractivity (Wildman–Crippen MR) is 98.6 cm³/mol. The third-order valence-electron chi connectivity index (χ3n) is 3.65. The largest absolute Gasteiger partial charge is 0.493 e. The average molecular weight is 382 g/mol. The molecule has 0 aromatic heterocycles. The molecule has 26 heavy (non-hydrogen) atoms. The lowest BCUT2D eigenvalue weighted by atomic mass is 10.1. The van der Waals surface area contributed by atoms with Gasteiger partial charge < -0.3 is 29.0 Å². The highest BCUT2D eigenvalue weighted by Gasteiger charge is 2.18. The van der Waals surface area contributed by atoms with E-state index in [-0.39, 0.29) is 0 Å². The summed E-state index contributed by atoms with van der Waals surface area (Å²) in [7, 11) is 7.44. The van der Waals surface area contributed by atoms with Crippen molar-refractivity contribution in [2.24, 2.45) is 0 Å². The number of hydrogen-bond acceptors (Lipinski definition) is 6. The van der Waals surface area contributed by atoms with E-state index in [1.165, 1.54) is 35.5 Å². The maximum Gasteiger partial charge on any atom is 0.255 e. The summed E-state index contributed by atoms with van der Waals surface area (Å²) in [6.45, 7) is 0. The van der Waals surface area contributed by atoms with Gasteiger partial charge in [0.05, 0.1) is 46.3 Å². The number of carbonyl (C=O) groups is 1. The molecular weight excluding hydrogens is 362 g/mol. The van der Waals surface area contributed by atoms with Crippen LogP contribution in [0.5, 0.6) is 28.7 Å². The van der Waals surface area contributed by atoms with Crippen molar-refractivity contribution in [2.75, 3.05) is 40.9 Å². The summed E-state index contributed by atoms with van der Waals surface area (Å²) in [5.74, 6) is 1.64. The Hall–Kier alpha value is -2.80. The van der Waals surface area contributed by atoms with Gasteiger partial charge >= 0.3 is 0 Å². The Bertz CT molecular complexity index is 784. The van der Waals surface area contributed by atoms with E-state index in [2.05, 4.69) is 5.32 Å². The minimum absolute atomic E-state index is 0.309. The number of benzene rings is 2. The van der Waals surface area contributed by atoms with Gasteiger partial charge in [0.1, 0.15) is 0 Å². The van der Waals surface area contributed by atoms with Gasteiger partial charge in [-0.3, -0.25) is 4.79 Å². The first-order valence-corrected chi connectivity index (χ1v) is 7.89. The van der Waals surface area contributed by atoms with Gasteiger partial charge in [-0.25, -0.2) is 0 Å². The molecule has 2 aromatic carbocycles. The summed E-state index contributed by atoms with van der Waals surface area (Å²) in [6.07, 6.45) is 0. The smallest absolute Gasteiger partial charge is 0.255 e. The fraction of sp³-hybridized carbons (Fsp3) is 0.278. The molecule has 2 rings (SSSR count). The summed E-state index contributed by atoms with van der Waals surface area (Å²) in [5.41, 5.74) is 0.688. The monoisotopic (exact) mass is 381 g/mol. The van der Waals surface area contributed by atoms with Gasteiger partial charge in [-0.15, -0.1) is 0 Å². The van der Waals surface area contributed by atoms with Crippen LogP contribution in [-0.4, -0.2) is 41.5 Å². The molecule has 0 aliphatic rings. The second-order valence-electron chi connectivity index (χ2n) is 5.06. The summed E-state index contributed by atoms with van der Waals surface area (Å²) < 4.78 is 26.2. The van der Waals surface area contributed by atoms with Crippen molar-refractivity contribution >= 4 is 23.2 Å². The lowest BCUT2D eigenvalue weighted by Gasteiger charge is -2.15. The van der Waals surface area contributed by atoms with Crippen LogP contribution in [0.2, 0.25) is 5.02 Å². The molecule has 7 nitrogen and oxygen atoms in total. The highest BCUT2D eigenvalue weighted by molar-refractivity contribution is 6.34. The first kappa shape index (κ1) is 19.5. The second-order valence-corrected chi connectivity index (χ2v) is 5.46. The molecule has 0 bridgehead atoms. The number of carbonyl (C=O) groups excluding carboxylic acids is 1. The van der Waals surface area contributed by atoms with Crippen LogP contribution in [0.4, 0.5) is 5.69 Å².